The van der Waals surface area contributed by atoms with Gasteiger partial charge in [0.2, 0.25) is 0 Å². The molecule has 2 amide bonds. The van der Waals surface area contributed by atoms with Gasteiger partial charge in [-0.2, -0.15) is 0 Å². The molecule has 0 radical (unpaired) electrons. The summed E-state index contributed by atoms with van der Waals surface area (Å²) in [4.78, 5) is 23.0. The average Bonchev–Trinajstić information content (AvgIpc) is 2.57. The first-order valence-electron chi connectivity index (χ1n) is 8.57. The summed E-state index contributed by atoms with van der Waals surface area (Å²) in [6.07, 6.45) is 3.33. The average molecular weight is 341 g/mol. The zero-order valence-corrected chi connectivity index (χ0v) is 15.6. The van der Waals surface area contributed by atoms with E-state index >= 15 is 0 Å². The van der Waals surface area contributed by atoms with Crippen molar-refractivity contribution in [1.29, 1.82) is 0 Å². The molecule has 0 atom stereocenters. The molecular weight excluding hydrogens is 314 g/mol. The number of nitrogens with zero attached hydrogens (tertiary/aromatic N) is 3. The minimum Gasteiger partial charge on any atom is -0.369 e. The predicted molar refractivity (Wildman–Crippen MR) is 102 cm³/mol. The fraction of sp³-hybridized carbons (Fsp3) is 0.421. The van der Waals surface area contributed by atoms with E-state index in [2.05, 4.69) is 46.3 Å². The fourth-order valence-corrected chi connectivity index (χ4v) is 2.71. The summed E-state index contributed by atoms with van der Waals surface area (Å²) in [6, 6.07) is 9.74. The number of carbonyl (C=O) groups excluding carboxylic acids is 1. The summed E-state index contributed by atoms with van der Waals surface area (Å²) >= 11 is 0. The van der Waals surface area contributed by atoms with Crippen LogP contribution in [0.25, 0.3) is 0 Å². The fourth-order valence-electron chi connectivity index (χ4n) is 2.71. The number of anilines is 2. The van der Waals surface area contributed by atoms with Crippen molar-refractivity contribution in [3.8, 4) is 0 Å². The highest BCUT2D eigenvalue weighted by molar-refractivity contribution is 5.90. The molecule has 0 unspecified atom stereocenters. The molecule has 25 heavy (non-hydrogen) atoms. The number of amides is 2. The zero-order chi connectivity index (χ0) is 18.4. The number of hydrogen-bond donors (Lipinski definition) is 2. The van der Waals surface area contributed by atoms with E-state index in [0.717, 1.165) is 17.9 Å². The minimum atomic E-state index is -0.665. The van der Waals surface area contributed by atoms with Crippen LogP contribution in [-0.4, -0.2) is 28.6 Å². The maximum atomic E-state index is 12.3. The van der Waals surface area contributed by atoms with E-state index in [9.17, 15) is 4.79 Å². The predicted octanol–water partition coefficient (Wildman–Crippen LogP) is 3.77. The summed E-state index contributed by atoms with van der Waals surface area (Å²) in [7, 11) is 0. The summed E-state index contributed by atoms with van der Waals surface area (Å²) in [5.74, 6) is 0.566. The third-order valence-electron chi connectivity index (χ3n) is 3.97. The maximum Gasteiger partial charge on any atom is 0.320 e. The van der Waals surface area contributed by atoms with Crippen LogP contribution in [-0.2, 0) is 5.54 Å². The smallest absolute Gasteiger partial charge is 0.320 e. The van der Waals surface area contributed by atoms with Crippen molar-refractivity contribution in [1.82, 2.24) is 15.3 Å². The topological polar surface area (TPSA) is 70.2 Å². The number of hydrogen-bond acceptors (Lipinski definition) is 4. The molecule has 134 valence electrons. The lowest BCUT2D eigenvalue weighted by Gasteiger charge is -2.28. The molecule has 0 fully saturated rings. The molecule has 0 saturated heterocycles. The number of nitrogens with one attached hydrogen (secondary N) is 2. The highest BCUT2D eigenvalue weighted by Gasteiger charge is 2.25. The molecule has 2 N–H and O–H groups in total. The lowest BCUT2D eigenvalue weighted by molar-refractivity contribution is 0.240. The number of benzene rings is 1. The lowest BCUT2D eigenvalue weighted by atomic mass is 10.1. The highest BCUT2D eigenvalue weighted by atomic mass is 16.2. The molecule has 2 rings (SSSR count). The largest absolute Gasteiger partial charge is 0.369 e. The standard InChI is InChI=1S/C19H27N5O/c1-6-24(14(2)3)16-10-8-15(9-11-16)22-18(25)23-19(4,5)17-20-12-7-13-21-17/h7-14H,6H2,1-5H3,(H2,22,23,25). The molecule has 6 heteroatoms. The van der Waals surface area contributed by atoms with E-state index in [0.29, 0.717) is 11.9 Å². The van der Waals surface area contributed by atoms with Gasteiger partial charge in [0.05, 0.1) is 5.54 Å². The second-order valence-corrected chi connectivity index (χ2v) is 6.70. The van der Waals surface area contributed by atoms with Crippen molar-refractivity contribution in [2.45, 2.75) is 46.2 Å². The second kappa shape index (κ2) is 7.96. The monoisotopic (exact) mass is 341 g/mol. The van der Waals surface area contributed by atoms with E-state index in [1.165, 1.54) is 0 Å². The Morgan fingerprint density at radius 1 is 1.16 bits per heavy atom. The Kier molecular flexibility index (Phi) is 5.96. The van der Waals surface area contributed by atoms with Gasteiger partial charge in [-0.3, -0.25) is 0 Å². The molecule has 6 nitrogen and oxygen atoms in total. The highest BCUT2D eigenvalue weighted by Crippen LogP contribution is 2.20. The van der Waals surface area contributed by atoms with Crippen LogP contribution in [0.1, 0.15) is 40.4 Å². The van der Waals surface area contributed by atoms with Crippen LogP contribution in [0, 0.1) is 0 Å². The van der Waals surface area contributed by atoms with Crippen molar-refractivity contribution in [3.63, 3.8) is 0 Å². The molecule has 0 aliphatic heterocycles. The Labute approximate surface area is 149 Å². The van der Waals surface area contributed by atoms with Gasteiger partial charge in [-0.25, -0.2) is 14.8 Å². The SMILES string of the molecule is CCN(c1ccc(NC(=O)NC(C)(C)c2ncccn2)cc1)C(C)C. The van der Waals surface area contributed by atoms with Crippen molar-refractivity contribution < 1.29 is 4.79 Å². The van der Waals surface area contributed by atoms with Gasteiger partial charge in [0.1, 0.15) is 0 Å². The molecule has 0 aliphatic carbocycles. The molecule has 1 aromatic carbocycles. The molecule has 0 aliphatic rings. The molecule has 0 bridgehead atoms. The first-order chi connectivity index (χ1) is 11.8. The van der Waals surface area contributed by atoms with Crippen molar-refractivity contribution >= 4 is 17.4 Å². The van der Waals surface area contributed by atoms with Gasteiger partial charge in [0.15, 0.2) is 5.82 Å². The molecule has 1 aromatic heterocycles. The number of aromatic nitrogens is 2. The Morgan fingerprint density at radius 2 is 1.76 bits per heavy atom. The normalized spacial score (nSPS) is 11.3. The summed E-state index contributed by atoms with van der Waals surface area (Å²) in [6.45, 7) is 11.1. The van der Waals surface area contributed by atoms with Crippen LogP contribution in [0.4, 0.5) is 16.2 Å². The first kappa shape index (κ1) is 18.7. The number of urea groups is 1. The third kappa shape index (κ3) is 4.92. The second-order valence-electron chi connectivity index (χ2n) is 6.70. The van der Waals surface area contributed by atoms with E-state index in [-0.39, 0.29) is 6.03 Å². The number of carbonyl (C=O) groups is 1. The van der Waals surface area contributed by atoms with Crippen LogP contribution in [0.2, 0.25) is 0 Å². The third-order valence-corrected chi connectivity index (χ3v) is 3.97. The van der Waals surface area contributed by atoms with Crippen LogP contribution in [0.15, 0.2) is 42.7 Å². The molecular formula is C19H27N5O. The van der Waals surface area contributed by atoms with Gasteiger partial charge < -0.3 is 15.5 Å². The zero-order valence-electron chi connectivity index (χ0n) is 15.6. The van der Waals surface area contributed by atoms with Gasteiger partial charge >= 0.3 is 6.03 Å². The minimum absolute atomic E-state index is 0.290. The Bertz CT molecular complexity index is 683. The van der Waals surface area contributed by atoms with Gasteiger partial charge in [0, 0.05) is 36.4 Å². The van der Waals surface area contributed by atoms with Gasteiger partial charge in [-0.1, -0.05) is 0 Å². The maximum absolute atomic E-state index is 12.3. The van der Waals surface area contributed by atoms with Gasteiger partial charge in [-0.15, -0.1) is 0 Å². The van der Waals surface area contributed by atoms with Gasteiger partial charge in [-0.05, 0) is 65.0 Å². The van der Waals surface area contributed by atoms with Gasteiger partial charge in [0.25, 0.3) is 0 Å². The Morgan fingerprint density at radius 3 is 2.28 bits per heavy atom. The van der Waals surface area contributed by atoms with Crippen molar-refractivity contribution in [3.05, 3.63) is 48.5 Å². The van der Waals surface area contributed by atoms with E-state index in [1.807, 2.05) is 38.1 Å². The molecule has 0 spiro atoms. The van der Waals surface area contributed by atoms with E-state index in [1.54, 1.807) is 18.5 Å². The van der Waals surface area contributed by atoms with E-state index < -0.39 is 5.54 Å². The Hall–Kier alpha value is -2.63. The number of rotatable bonds is 6. The van der Waals surface area contributed by atoms with Crippen LogP contribution >= 0.6 is 0 Å². The summed E-state index contributed by atoms with van der Waals surface area (Å²) < 4.78 is 0. The molecule has 2 aromatic rings. The lowest BCUT2D eigenvalue weighted by Crippen LogP contribution is -2.44. The quantitative estimate of drug-likeness (QED) is 0.839. The molecule has 1 heterocycles. The Balaban J connectivity index is 2.01. The van der Waals surface area contributed by atoms with Crippen molar-refractivity contribution in [2.24, 2.45) is 0 Å². The van der Waals surface area contributed by atoms with E-state index in [4.69, 9.17) is 0 Å². The first-order valence-corrected chi connectivity index (χ1v) is 8.57. The van der Waals surface area contributed by atoms with Crippen LogP contribution in [0.5, 0.6) is 0 Å². The summed E-state index contributed by atoms with van der Waals surface area (Å²) in [5.41, 5.74) is 1.22. The summed E-state index contributed by atoms with van der Waals surface area (Å²) in [5, 5.41) is 5.76. The van der Waals surface area contributed by atoms with Crippen LogP contribution in [0.3, 0.4) is 0 Å². The van der Waals surface area contributed by atoms with Crippen LogP contribution < -0.4 is 15.5 Å². The molecule has 0 saturated carbocycles. The van der Waals surface area contributed by atoms with Crippen molar-refractivity contribution in [2.75, 3.05) is 16.8 Å².